The summed E-state index contributed by atoms with van der Waals surface area (Å²) in [6.45, 7) is 0.704. The van der Waals surface area contributed by atoms with Gasteiger partial charge in [-0.1, -0.05) is 35.9 Å². The quantitative estimate of drug-likeness (QED) is 0.490. The molecule has 2 aromatic carbocycles. The number of halogens is 1. The first-order chi connectivity index (χ1) is 15.0. The number of carbonyl (C=O) groups excluding carboxylic acids is 2. The number of fused-ring (bicyclic) bond motifs is 1. The molecule has 6 nitrogen and oxygen atoms in total. The summed E-state index contributed by atoms with van der Waals surface area (Å²) in [7, 11) is 1.91. The highest BCUT2D eigenvalue weighted by Crippen LogP contribution is 2.38. The zero-order valence-electron chi connectivity index (χ0n) is 17.0. The van der Waals surface area contributed by atoms with Gasteiger partial charge in [0, 0.05) is 42.3 Å². The summed E-state index contributed by atoms with van der Waals surface area (Å²) in [5, 5.41) is 8.54. The standard InChI is InChI=1S/C24H21ClN4O2/c1-28-11-10-17(27-28)14-29-12-9-16-13-15(5-7-21(16)29)18-3-2-4-19(23(18)25)20-6-8-22(30)26-24(20)31/h2-5,7,9-13,20H,6,8,14H2,1H3,(H,26,30,31). The molecule has 2 aromatic heterocycles. The van der Waals surface area contributed by atoms with Crippen LogP contribution in [0.2, 0.25) is 5.02 Å². The van der Waals surface area contributed by atoms with Crippen LogP contribution in [0.4, 0.5) is 0 Å². The molecule has 4 aromatic rings. The maximum absolute atomic E-state index is 12.3. The van der Waals surface area contributed by atoms with Gasteiger partial charge in [-0.05, 0) is 41.8 Å². The van der Waals surface area contributed by atoms with Crippen molar-refractivity contribution in [3.05, 3.63) is 77.2 Å². The van der Waals surface area contributed by atoms with Crippen molar-refractivity contribution in [3.63, 3.8) is 0 Å². The molecule has 0 saturated carbocycles. The molecule has 3 heterocycles. The monoisotopic (exact) mass is 432 g/mol. The Kier molecular flexibility index (Phi) is 4.87. The summed E-state index contributed by atoms with van der Waals surface area (Å²) in [6, 6.07) is 16.1. The van der Waals surface area contributed by atoms with Crippen LogP contribution in [-0.2, 0) is 23.2 Å². The molecule has 0 bridgehead atoms. The highest BCUT2D eigenvalue weighted by atomic mass is 35.5. The van der Waals surface area contributed by atoms with Gasteiger partial charge in [-0.15, -0.1) is 0 Å². The second kappa shape index (κ2) is 7.71. The van der Waals surface area contributed by atoms with Crippen molar-refractivity contribution in [2.45, 2.75) is 25.3 Å². The van der Waals surface area contributed by atoms with E-state index in [1.165, 1.54) is 0 Å². The van der Waals surface area contributed by atoms with E-state index in [9.17, 15) is 9.59 Å². The van der Waals surface area contributed by atoms with E-state index in [4.69, 9.17) is 11.6 Å². The minimum atomic E-state index is -0.409. The van der Waals surface area contributed by atoms with Crippen molar-refractivity contribution < 1.29 is 9.59 Å². The number of hydrogen-bond acceptors (Lipinski definition) is 3. The summed E-state index contributed by atoms with van der Waals surface area (Å²) < 4.78 is 3.97. The molecule has 1 unspecified atom stereocenters. The Morgan fingerprint density at radius 1 is 1.13 bits per heavy atom. The maximum atomic E-state index is 12.3. The Morgan fingerprint density at radius 3 is 2.77 bits per heavy atom. The SMILES string of the molecule is Cn1ccc(Cn2ccc3cc(-c4cccc(C5CCC(=O)NC5=O)c4Cl)ccc32)n1. The van der Waals surface area contributed by atoms with Gasteiger partial charge in [0.05, 0.1) is 23.2 Å². The van der Waals surface area contributed by atoms with Gasteiger partial charge < -0.3 is 4.57 Å². The number of aryl methyl sites for hydroxylation is 1. The van der Waals surface area contributed by atoms with Gasteiger partial charge >= 0.3 is 0 Å². The fourth-order valence-electron chi connectivity index (χ4n) is 4.26. The van der Waals surface area contributed by atoms with Crippen LogP contribution in [0.15, 0.2) is 60.9 Å². The third-order valence-corrected chi connectivity index (χ3v) is 6.25. The molecule has 1 fully saturated rings. The molecule has 1 atom stereocenters. The number of nitrogens with zero attached hydrogens (tertiary/aromatic N) is 3. The van der Waals surface area contributed by atoms with Crippen molar-refractivity contribution >= 4 is 34.3 Å². The summed E-state index contributed by atoms with van der Waals surface area (Å²) in [6.07, 6.45) is 4.80. The second-order valence-electron chi connectivity index (χ2n) is 7.91. The summed E-state index contributed by atoms with van der Waals surface area (Å²) in [5.74, 6) is -0.917. The second-order valence-corrected chi connectivity index (χ2v) is 8.29. The number of hydrogen-bond donors (Lipinski definition) is 1. The van der Waals surface area contributed by atoms with E-state index in [0.29, 0.717) is 24.4 Å². The number of benzene rings is 2. The topological polar surface area (TPSA) is 68.9 Å². The van der Waals surface area contributed by atoms with Gasteiger partial charge in [0.25, 0.3) is 0 Å². The lowest BCUT2D eigenvalue weighted by Crippen LogP contribution is -2.39. The van der Waals surface area contributed by atoms with Gasteiger partial charge in [0.2, 0.25) is 11.8 Å². The lowest BCUT2D eigenvalue weighted by molar-refractivity contribution is -0.134. The molecular weight excluding hydrogens is 412 g/mol. The van der Waals surface area contributed by atoms with E-state index in [0.717, 1.165) is 33.3 Å². The maximum Gasteiger partial charge on any atom is 0.234 e. The predicted octanol–water partition coefficient (Wildman–Crippen LogP) is 4.26. The molecule has 0 spiro atoms. The molecule has 0 radical (unpaired) electrons. The number of rotatable bonds is 4. The largest absolute Gasteiger partial charge is 0.341 e. The minimum absolute atomic E-state index is 0.228. The predicted molar refractivity (Wildman–Crippen MR) is 120 cm³/mol. The van der Waals surface area contributed by atoms with E-state index in [-0.39, 0.29) is 11.8 Å². The number of piperidine rings is 1. The van der Waals surface area contributed by atoms with Crippen LogP contribution in [0.1, 0.15) is 30.0 Å². The van der Waals surface area contributed by atoms with Crippen molar-refractivity contribution in [1.82, 2.24) is 19.7 Å². The molecular formula is C24H21ClN4O2. The molecule has 5 rings (SSSR count). The van der Waals surface area contributed by atoms with Crippen LogP contribution in [-0.4, -0.2) is 26.2 Å². The van der Waals surface area contributed by atoms with Crippen molar-refractivity contribution in [1.29, 1.82) is 0 Å². The van der Waals surface area contributed by atoms with Crippen LogP contribution in [0.5, 0.6) is 0 Å². The first-order valence-electron chi connectivity index (χ1n) is 10.2. The molecule has 0 aliphatic carbocycles. The van der Waals surface area contributed by atoms with Gasteiger partial charge in [0.15, 0.2) is 0 Å². The van der Waals surface area contributed by atoms with Crippen LogP contribution in [0.3, 0.4) is 0 Å². The molecule has 1 aliphatic heterocycles. The van der Waals surface area contributed by atoms with Crippen molar-refractivity contribution in [2.24, 2.45) is 7.05 Å². The minimum Gasteiger partial charge on any atom is -0.341 e. The Hall–Kier alpha value is -3.38. The third-order valence-electron chi connectivity index (χ3n) is 5.83. The van der Waals surface area contributed by atoms with Crippen LogP contribution >= 0.6 is 11.6 Å². The summed E-state index contributed by atoms with van der Waals surface area (Å²) in [4.78, 5) is 23.8. The smallest absolute Gasteiger partial charge is 0.234 e. The molecule has 2 amide bonds. The van der Waals surface area contributed by atoms with Crippen LogP contribution in [0, 0.1) is 0 Å². The Balaban J connectivity index is 1.48. The Morgan fingerprint density at radius 2 is 2.00 bits per heavy atom. The van der Waals surface area contributed by atoms with Crippen molar-refractivity contribution in [3.8, 4) is 11.1 Å². The number of carbonyl (C=O) groups is 2. The van der Waals surface area contributed by atoms with Gasteiger partial charge in [-0.2, -0.15) is 5.10 Å². The average molecular weight is 433 g/mol. The molecule has 31 heavy (non-hydrogen) atoms. The van der Waals surface area contributed by atoms with Crippen LogP contribution < -0.4 is 5.32 Å². The highest BCUT2D eigenvalue weighted by Gasteiger charge is 2.30. The fourth-order valence-corrected chi connectivity index (χ4v) is 4.63. The number of aromatic nitrogens is 3. The Bertz CT molecular complexity index is 1320. The average Bonchev–Trinajstić information content (AvgIpc) is 3.34. The fraction of sp³-hybridized carbons (Fsp3) is 0.208. The first-order valence-corrected chi connectivity index (χ1v) is 10.6. The zero-order valence-corrected chi connectivity index (χ0v) is 17.8. The van der Waals surface area contributed by atoms with Gasteiger partial charge in [-0.3, -0.25) is 19.6 Å². The number of imide groups is 1. The van der Waals surface area contributed by atoms with E-state index >= 15 is 0 Å². The first kappa shape index (κ1) is 19.6. The van der Waals surface area contributed by atoms with E-state index < -0.39 is 5.92 Å². The molecule has 1 saturated heterocycles. The van der Waals surface area contributed by atoms with E-state index in [2.05, 4.69) is 39.4 Å². The third kappa shape index (κ3) is 3.64. The molecule has 1 N–H and O–H groups in total. The Labute approximate surface area is 184 Å². The lowest BCUT2D eigenvalue weighted by atomic mass is 9.88. The van der Waals surface area contributed by atoms with Gasteiger partial charge in [-0.25, -0.2) is 0 Å². The molecule has 7 heteroatoms. The summed E-state index contributed by atoms with van der Waals surface area (Å²) >= 11 is 6.76. The van der Waals surface area contributed by atoms with Gasteiger partial charge in [0.1, 0.15) is 0 Å². The lowest BCUT2D eigenvalue weighted by Gasteiger charge is -2.23. The number of nitrogens with one attached hydrogen (secondary N) is 1. The molecule has 156 valence electrons. The zero-order chi connectivity index (χ0) is 21.5. The molecule has 1 aliphatic rings. The van der Waals surface area contributed by atoms with Crippen molar-refractivity contribution in [2.75, 3.05) is 0 Å². The summed E-state index contributed by atoms with van der Waals surface area (Å²) in [5.41, 5.74) is 4.75. The highest BCUT2D eigenvalue weighted by molar-refractivity contribution is 6.34. The number of amides is 2. The van der Waals surface area contributed by atoms with E-state index in [1.807, 2.05) is 43.6 Å². The normalized spacial score (nSPS) is 16.6. The van der Waals surface area contributed by atoms with E-state index in [1.54, 1.807) is 4.68 Å². The van der Waals surface area contributed by atoms with Crippen LogP contribution in [0.25, 0.3) is 22.0 Å².